The first-order chi connectivity index (χ1) is 7.92. The number of aryl methyl sites for hydroxylation is 1. The maximum Gasteiger partial charge on any atom is 0.0682 e. The van der Waals surface area contributed by atoms with E-state index in [1.165, 1.54) is 30.2 Å². The number of halogens is 1. The summed E-state index contributed by atoms with van der Waals surface area (Å²) in [6, 6.07) is 8.34. The lowest BCUT2D eigenvalue weighted by atomic mass is 10.2. The lowest BCUT2D eigenvalue weighted by Gasteiger charge is -2.03. The van der Waals surface area contributed by atoms with Gasteiger partial charge in [0.1, 0.15) is 0 Å². The lowest BCUT2D eigenvalue weighted by molar-refractivity contribution is 0.554. The van der Waals surface area contributed by atoms with Gasteiger partial charge in [-0.3, -0.25) is 4.68 Å². The van der Waals surface area contributed by atoms with E-state index in [0.29, 0.717) is 0 Å². The molecule has 0 amide bonds. The first-order valence-electron chi connectivity index (χ1n) is 5.88. The van der Waals surface area contributed by atoms with Gasteiger partial charge in [-0.2, -0.15) is 5.10 Å². The molecular formula is C13H17ClN2. The van der Waals surface area contributed by atoms with Gasteiger partial charge in [-0.05, 0) is 18.9 Å². The number of hydrogen-bond acceptors (Lipinski definition) is 1. The molecule has 16 heavy (non-hydrogen) atoms. The number of para-hydroxylation sites is 1. The van der Waals surface area contributed by atoms with Crippen LogP contribution < -0.4 is 0 Å². The van der Waals surface area contributed by atoms with Crippen molar-refractivity contribution < 1.29 is 0 Å². The fourth-order valence-corrected chi connectivity index (χ4v) is 2.10. The van der Waals surface area contributed by atoms with Gasteiger partial charge in [0.05, 0.1) is 11.7 Å². The average molecular weight is 237 g/mol. The zero-order valence-corrected chi connectivity index (χ0v) is 10.2. The molecule has 0 spiro atoms. The molecule has 0 unspecified atom stereocenters. The molecule has 0 aliphatic rings. The third kappa shape index (κ3) is 2.76. The predicted molar refractivity (Wildman–Crippen MR) is 68.9 cm³/mol. The zero-order valence-electron chi connectivity index (χ0n) is 9.40. The predicted octanol–water partition coefficient (Wildman–Crippen LogP) is 3.84. The number of hydrogen-bond donors (Lipinski definition) is 0. The van der Waals surface area contributed by atoms with E-state index in [2.05, 4.69) is 34.0 Å². The standard InChI is InChI=1S/C13H17ClN2/c14-9-5-1-2-6-10-16-13-8-4-3-7-12(13)11-15-16/h3-4,7-8,11H,1-2,5-6,9-10H2. The molecule has 0 radical (unpaired) electrons. The number of benzene rings is 1. The fraction of sp³-hybridized carbons (Fsp3) is 0.462. The van der Waals surface area contributed by atoms with Gasteiger partial charge in [-0.25, -0.2) is 0 Å². The highest BCUT2D eigenvalue weighted by Gasteiger charge is 2.00. The molecule has 2 nitrogen and oxygen atoms in total. The van der Waals surface area contributed by atoms with Crippen molar-refractivity contribution in [1.82, 2.24) is 9.78 Å². The first-order valence-corrected chi connectivity index (χ1v) is 6.42. The Balaban J connectivity index is 1.89. The summed E-state index contributed by atoms with van der Waals surface area (Å²) in [5, 5.41) is 5.63. The number of fused-ring (bicyclic) bond motifs is 1. The second kappa shape index (κ2) is 5.90. The second-order valence-electron chi connectivity index (χ2n) is 4.03. The lowest BCUT2D eigenvalue weighted by Crippen LogP contribution is -1.99. The molecule has 2 rings (SSSR count). The van der Waals surface area contributed by atoms with E-state index in [0.717, 1.165) is 18.8 Å². The Morgan fingerprint density at radius 2 is 1.88 bits per heavy atom. The Labute approximate surface area is 101 Å². The highest BCUT2D eigenvalue weighted by Crippen LogP contribution is 2.13. The number of alkyl halides is 1. The Bertz CT molecular complexity index is 436. The van der Waals surface area contributed by atoms with Crippen molar-refractivity contribution >= 4 is 22.5 Å². The normalized spacial score (nSPS) is 11.1. The zero-order chi connectivity index (χ0) is 11.2. The summed E-state index contributed by atoms with van der Waals surface area (Å²) in [6.45, 7) is 1.01. The molecule has 1 aromatic carbocycles. The number of aromatic nitrogens is 2. The van der Waals surface area contributed by atoms with Crippen LogP contribution in [0.25, 0.3) is 10.9 Å². The molecule has 1 heterocycles. The second-order valence-corrected chi connectivity index (χ2v) is 4.41. The highest BCUT2D eigenvalue weighted by molar-refractivity contribution is 6.17. The molecule has 0 saturated heterocycles. The SMILES string of the molecule is ClCCCCCCn1ncc2ccccc21. The van der Waals surface area contributed by atoms with Crippen LogP contribution in [-0.2, 0) is 6.54 Å². The Hall–Kier alpha value is -1.02. The Kier molecular flexibility index (Phi) is 4.23. The summed E-state index contributed by atoms with van der Waals surface area (Å²) in [5.74, 6) is 0.782. The summed E-state index contributed by atoms with van der Waals surface area (Å²) >= 11 is 5.64. The number of nitrogens with zero attached hydrogens (tertiary/aromatic N) is 2. The largest absolute Gasteiger partial charge is 0.265 e. The summed E-state index contributed by atoms with van der Waals surface area (Å²) in [6.07, 6.45) is 6.71. The molecule has 1 aromatic heterocycles. The van der Waals surface area contributed by atoms with Gasteiger partial charge in [-0.1, -0.05) is 31.0 Å². The molecule has 0 saturated carbocycles. The van der Waals surface area contributed by atoms with Crippen LogP contribution in [0, 0.1) is 0 Å². The molecule has 0 aliphatic heterocycles. The van der Waals surface area contributed by atoms with Gasteiger partial charge in [0.2, 0.25) is 0 Å². The highest BCUT2D eigenvalue weighted by atomic mass is 35.5. The van der Waals surface area contributed by atoms with Crippen molar-refractivity contribution in [2.24, 2.45) is 0 Å². The van der Waals surface area contributed by atoms with Gasteiger partial charge < -0.3 is 0 Å². The minimum Gasteiger partial charge on any atom is -0.265 e. The third-order valence-corrected chi connectivity index (χ3v) is 3.07. The van der Waals surface area contributed by atoms with Crippen LogP contribution >= 0.6 is 11.6 Å². The minimum absolute atomic E-state index is 0.782. The van der Waals surface area contributed by atoms with Crippen LogP contribution in [-0.4, -0.2) is 15.7 Å². The maximum absolute atomic E-state index is 5.64. The van der Waals surface area contributed by atoms with E-state index < -0.39 is 0 Å². The molecule has 0 fully saturated rings. The van der Waals surface area contributed by atoms with Crippen LogP contribution in [0.5, 0.6) is 0 Å². The first kappa shape index (κ1) is 11.5. The van der Waals surface area contributed by atoms with E-state index >= 15 is 0 Å². The van der Waals surface area contributed by atoms with Crippen molar-refractivity contribution in [3.05, 3.63) is 30.5 Å². The van der Waals surface area contributed by atoms with Crippen LogP contribution in [0.3, 0.4) is 0 Å². The average Bonchev–Trinajstić information content (AvgIpc) is 2.73. The molecule has 2 aromatic rings. The summed E-state index contributed by atoms with van der Waals surface area (Å²) in [4.78, 5) is 0. The molecule has 0 N–H and O–H groups in total. The monoisotopic (exact) mass is 236 g/mol. The van der Waals surface area contributed by atoms with Crippen LogP contribution in [0.2, 0.25) is 0 Å². The maximum atomic E-state index is 5.64. The van der Waals surface area contributed by atoms with Gasteiger partial charge in [0, 0.05) is 17.8 Å². The minimum atomic E-state index is 0.782. The van der Waals surface area contributed by atoms with Gasteiger partial charge in [0.15, 0.2) is 0 Å². The van der Waals surface area contributed by atoms with Crippen molar-refractivity contribution in [2.45, 2.75) is 32.2 Å². The van der Waals surface area contributed by atoms with Crippen molar-refractivity contribution in [3.63, 3.8) is 0 Å². The topological polar surface area (TPSA) is 17.8 Å². The third-order valence-electron chi connectivity index (χ3n) is 2.80. The summed E-state index contributed by atoms with van der Waals surface area (Å²) in [5.41, 5.74) is 1.24. The van der Waals surface area contributed by atoms with E-state index in [4.69, 9.17) is 11.6 Å². The van der Waals surface area contributed by atoms with Crippen molar-refractivity contribution in [3.8, 4) is 0 Å². The van der Waals surface area contributed by atoms with Crippen molar-refractivity contribution in [1.29, 1.82) is 0 Å². The Morgan fingerprint density at radius 1 is 1.06 bits per heavy atom. The fourth-order valence-electron chi connectivity index (χ4n) is 1.91. The Morgan fingerprint density at radius 3 is 2.75 bits per heavy atom. The molecule has 86 valence electrons. The van der Waals surface area contributed by atoms with Crippen molar-refractivity contribution in [2.75, 3.05) is 5.88 Å². The van der Waals surface area contributed by atoms with Gasteiger partial charge in [-0.15, -0.1) is 11.6 Å². The number of unbranched alkanes of at least 4 members (excludes halogenated alkanes) is 3. The summed E-state index contributed by atoms with van der Waals surface area (Å²) < 4.78 is 2.09. The quantitative estimate of drug-likeness (QED) is 0.551. The van der Waals surface area contributed by atoms with Gasteiger partial charge in [0.25, 0.3) is 0 Å². The molecule has 0 aliphatic carbocycles. The van der Waals surface area contributed by atoms with Crippen LogP contribution in [0.1, 0.15) is 25.7 Å². The van der Waals surface area contributed by atoms with Crippen LogP contribution in [0.15, 0.2) is 30.5 Å². The van der Waals surface area contributed by atoms with E-state index in [1.54, 1.807) is 0 Å². The van der Waals surface area contributed by atoms with Crippen LogP contribution in [0.4, 0.5) is 0 Å². The van der Waals surface area contributed by atoms with E-state index in [1.807, 2.05) is 6.20 Å². The smallest absolute Gasteiger partial charge is 0.0682 e. The van der Waals surface area contributed by atoms with E-state index in [-0.39, 0.29) is 0 Å². The molecule has 0 atom stereocenters. The number of rotatable bonds is 6. The molecule has 0 bridgehead atoms. The summed E-state index contributed by atoms with van der Waals surface area (Å²) in [7, 11) is 0. The molecular weight excluding hydrogens is 220 g/mol. The molecule has 3 heteroatoms. The van der Waals surface area contributed by atoms with E-state index in [9.17, 15) is 0 Å². The van der Waals surface area contributed by atoms with Gasteiger partial charge >= 0.3 is 0 Å².